The zero-order chi connectivity index (χ0) is 14.9. The average molecular weight is 318 g/mol. The molecule has 0 spiro atoms. The SMILES string of the molecule is CCCCCCCC/C=C\CCCCCCCC(N)=O.Cl. The number of hydrogen-bond donors (Lipinski definition) is 1. The first-order valence-electron chi connectivity index (χ1n) is 8.70. The Morgan fingerprint density at radius 3 is 1.67 bits per heavy atom. The van der Waals surface area contributed by atoms with Crippen molar-refractivity contribution in [3.8, 4) is 0 Å². The largest absolute Gasteiger partial charge is 0.370 e. The minimum atomic E-state index is -0.164. The van der Waals surface area contributed by atoms with Gasteiger partial charge in [-0.15, -0.1) is 12.4 Å². The maximum atomic E-state index is 10.5. The first-order chi connectivity index (χ1) is 9.77. The lowest BCUT2D eigenvalue weighted by molar-refractivity contribution is -0.118. The van der Waals surface area contributed by atoms with Crippen molar-refractivity contribution < 1.29 is 4.79 Å². The highest BCUT2D eigenvalue weighted by atomic mass is 35.5. The Morgan fingerprint density at radius 1 is 0.762 bits per heavy atom. The molecule has 2 nitrogen and oxygen atoms in total. The summed E-state index contributed by atoms with van der Waals surface area (Å²) in [5.74, 6) is -0.164. The molecule has 0 aromatic heterocycles. The lowest BCUT2D eigenvalue weighted by Gasteiger charge is -1.99. The Hall–Kier alpha value is -0.500. The third kappa shape index (κ3) is 21.9. The Balaban J connectivity index is 0. The zero-order valence-corrected chi connectivity index (χ0v) is 14.8. The highest BCUT2D eigenvalue weighted by Gasteiger charge is 1.94. The quantitative estimate of drug-likeness (QED) is 0.295. The molecule has 2 N–H and O–H groups in total. The Kier molecular flexibility index (Phi) is 21.1. The third-order valence-electron chi connectivity index (χ3n) is 3.68. The molecule has 0 aliphatic heterocycles. The molecule has 0 aromatic carbocycles. The average Bonchev–Trinajstić information content (AvgIpc) is 2.43. The van der Waals surface area contributed by atoms with Crippen molar-refractivity contribution in [2.24, 2.45) is 5.73 Å². The van der Waals surface area contributed by atoms with Crippen molar-refractivity contribution in [2.45, 2.75) is 96.8 Å². The van der Waals surface area contributed by atoms with E-state index >= 15 is 0 Å². The van der Waals surface area contributed by atoms with Gasteiger partial charge in [0, 0.05) is 6.42 Å². The molecule has 0 unspecified atom stereocenters. The summed E-state index contributed by atoms with van der Waals surface area (Å²) in [4.78, 5) is 10.5. The van der Waals surface area contributed by atoms with Gasteiger partial charge in [0.1, 0.15) is 0 Å². The van der Waals surface area contributed by atoms with Crippen molar-refractivity contribution in [2.75, 3.05) is 0 Å². The van der Waals surface area contributed by atoms with Gasteiger partial charge in [0.2, 0.25) is 5.91 Å². The van der Waals surface area contributed by atoms with Crippen LogP contribution in [0.2, 0.25) is 0 Å². The molecule has 0 rings (SSSR count). The van der Waals surface area contributed by atoms with Crippen LogP contribution >= 0.6 is 12.4 Å². The molecule has 0 radical (unpaired) electrons. The molecule has 3 heteroatoms. The van der Waals surface area contributed by atoms with Gasteiger partial charge in [-0.25, -0.2) is 0 Å². The number of hydrogen-bond acceptors (Lipinski definition) is 1. The van der Waals surface area contributed by atoms with E-state index in [-0.39, 0.29) is 18.3 Å². The molecule has 0 fully saturated rings. The normalized spacial score (nSPS) is 10.7. The van der Waals surface area contributed by atoms with Crippen molar-refractivity contribution in [1.82, 2.24) is 0 Å². The van der Waals surface area contributed by atoms with E-state index in [2.05, 4.69) is 19.1 Å². The Labute approximate surface area is 138 Å². The molecule has 0 aliphatic carbocycles. The number of allylic oxidation sites excluding steroid dienone is 2. The molecule has 0 saturated heterocycles. The smallest absolute Gasteiger partial charge is 0.217 e. The van der Waals surface area contributed by atoms with Crippen molar-refractivity contribution >= 4 is 18.3 Å². The number of amides is 1. The van der Waals surface area contributed by atoms with Crippen molar-refractivity contribution in [3.05, 3.63) is 12.2 Å². The summed E-state index contributed by atoms with van der Waals surface area (Å²) in [6.07, 6.45) is 21.9. The predicted molar refractivity (Wildman–Crippen MR) is 95.9 cm³/mol. The third-order valence-corrected chi connectivity index (χ3v) is 3.68. The molecule has 0 saturated carbocycles. The zero-order valence-electron chi connectivity index (χ0n) is 13.9. The van der Waals surface area contributed by atoms with Gasteiger partial charge < -0.3 is 5.73 Å². The van der Waals surface area contributed by atoms with Gasteiger partial charge in [-0.05, 0) is 32.1 Å². The lowest BCUT2D eigenvalue weighted by atomic mass is 10.1. The molecule has 0 aliphatic rings. The number of halogens is 1. The monoisotopic (exact) mass is 317 g/mol. The Morgan fingerprint density at radius 2 is 1.19 bits per heavy atom. The van der Waals surface area contributed by atoms with Crippen LogP contribution in [0.1, 0.15) is 96.8 Å². The summed E-state index contributed by atoms with van der Waals surface area (Å²) in [5.41, 5.74) is 5.10. The van der Waals surface area contributed by atoms with Crippen LogP contribution < -0.4 is 5.73 Å². The van der Waals surface area contributed by atoms with E-state index in [0.29, 0.717) is 6.42 Å². The summed E-state index contributed by atoms with van der Waals surface area (Å²) in [7, 11) is 0. The van der Waals surface area contributed by atoms with Crippen LogP contribution in [-0.2, 0) is 4.79 Å². The molecule has 126 valence electrons. The van der Waals surface area contributed by atoms with Crippen LogP contribution in [0.5, 0.6) is 0 Å². The van der Waals surface area contributed by atoms with Gasteiger partial charge in [0.25, 0.3) is 0 Å². The first kappa shape index (κ1) is 22.8. The van der Waals surface area contributed by atoms with Gasteiger partial charge in [-0.2, -0.15) is 0 Å². The van der Waals surface area contributed by atoms with Crippen LogP contribution in [0.15, 0.2) is 12.2 Å². The second kappa shape index (κ2) is 19.5. The van der Waals surface area contributed by atoms with E-state index in [9.17, 15) is 4.79 Å². The lowest BCUT2D eigenvalue weighted by Crippen LogP contribution is -2.09. The fraction of sp³-hybridized carbons (Fsp3) is 0.833. The molecule has 0 atom stereocenters. The first-order valence-corrected chi connectivity index (χ1v) is 8.70. The number of rotatable bonds is 15. The molecule has 21 heavy (non-hydrogen) atoms. The van der Waals surface area contributed by atoms with Gasteiger partial charge in [0.15, 0.2) is 0 Å². The number of carbonyl (C=O) groups is 1. The van der Waals surface area contributed by atoms with Gasteiger partial charge in [-0.1, -0.05) is 70.4 Å². The summed E-state index contributed by atoms with van der Waals surface area (Å²) in [5, 5.41) is 0. The number of nitrogens with two attached hydrogens (primary N) is 1. The molecule has 0 bridgehead atoms. The summed E-state index contributed by atoms with van der Waals surface area (Å²) in [6.45, 7) is 2.26. The van der Waals surface area contributed by atoms with Crippen LogP contribution in [-0.4, -0.2) is 5.91 Å². The predicted octanol–water partition coefficient (Wildman–Crippen LogP) is 5.93. The fourth-order valence-electron chi connectivity index (χ4n) is 2.37. The minimum absolute atomic E-state index is 0. The summed E-state index contributed by atoms with van der Waals surface area (Å²) in [6, 6.07) is 0. The second-order valence-electron chi connectivity index (χ2n) is 5.80. The van der Waals surface area contributed by atoms with E-state index in [1.165, 1.54) is 70.6 Å². The topological polar surface area (TPSA) is 43.1 Å². The van der Waals surface area contributed by atoms with Gasteiger partial charge in [-0.3, -0.25) is 4.79 Å². The molecule has 1 amide bonds. The van der Waals surface area contributed by atoms with Gasteiger partial charge in [0.05, 0.1) is 0 Å². The van der Waals surface area contributed by atoms with Crippen LogP contribution in [0, 0.1) is 0 Å². The number of carbonyl (C=O) groups excluding carboxylic acids is 1. The highest BCUT2D eigenvalue weighted by molar-refractivity contribution is 5.85. The Bertz CT molecular complexity index is 241. The molecule has 0 heterocycles. The van der Waals surface area contributed by atoms with E-state index in [0.717, 1.165) is 12.8 Å². The van der Waals surface area contributed by atoms with E-state index in [1.807, 2.05) is 0 Å². The van der Waals surface area contributed by atoms with E-state index < -0.39 is 0 Å². The van der Waals surface area contributed by atoms with Crippen molar-refractivity contribution in [3.63, 3.8) is 0 Å². The standard InChI is InChI=1S/C18H35NO.ClH/c1-2-3-4-5-6-7-8-9-10-11-12-13-14-15-16-17-18(19)20;/h9-10H,2-8,11-17H2,1H3,(H2,19,20);1H/b10-9-;. The number of primary amides is 1. The van der Waals surface area contributed by atoms with E-state index in [1.54, 1.807) is 0 Å². The second-order valence-corrected chi connectivity index (χ2v) is 5.80. The minimum Gasteiger partial charge on any atom is -0.370 e. The summed E-state index contributed by atoms with van der Waals surface area (Å²) < 4.78 is 0. The van der Waals surface area contributed by atoms with Crippen LogP contribution in [0.4, 0.5) is 0 Å². The van der Waals surface area contributed by atoms with Crippen molar-refractivity contribution in [1.29, 1.82) is 0 Å². The molecule has 0 aromatic rings. The molecular weight excluding hydrogens is 282 g/mol. The van der Waals surface area contributed by atoms with Gasteiger partial charge >= 0.3 is 0 Å². The van der Waals surface area contributed by atoms with E-state index in [4.69, 9.17) is 5.73 Å². The molecular formula is C18H36ClNO. The maximum Gasteiger partial charge on any atom is 0.217 e. The fourth-order valence-corrected chi connectivity index (χ4v) is 2.37. The number of unbranched alkanes of at least 4 members (excludes halogenated alkanes) is 11. The maximum absolute atomic E-state index is 10.5. The van der Waals surface area contributed by atoms with Crippen LogP contribution in [0.3, 0.4) is 0 Å². The highest BCUT2D eigenvalue weighted by Crippen LogP contribution is 2.09. The van der Waals surface area contributed by atoms with Crippen LogP contribution in [0.25, 0.3) is 0 Å². The summed E-state index contributed by atoms with van der Waals surface area (Å²) >= 11 is 0.